The number of hydrogen-bond acceptors (Lipinski definition) is 3. The number of fused-ring (bicyclic) bond motifs is 2. The van der Waals surface area contributed by atoms with Crippen molar-refractivity contribution in [2.75, 3.05) is 5.32 Å². The van der Waals surface area contributed by atoms with E-state index >= 15 is 0 Å². The zero-order valence-corrected chi connectivity index (χ0v) is 16.3. The third kappa shape index (κ3) is 3.23. The molecule has 0 atom stereocenters. The molecule has 5 aromatic rings. The predicted molar refractivity (Wildman–Crippen MR) is 119 cm³/mol. The van der Waals surface area contributed by atoms with Crippen LogP contribution >= 0.6 is 11.6 Å². The lowest BCUT2D eigenvalue weighted by molar-refractivity contribution is 0.102. The second-order valence-electron chi connectivity index (χ2n) is 6.85. The molecule has 0 saturated heterocycles. The van der Waals surface area contributed by atoms with E-state index in [1.54, 1.807) is 30.3 Å². The van der Waals surface area contributed by atoms with Gasteiger partial charge in [-0.2, -0.15) is 0 Å². The number of aromatic nitrogens is 3. The monoisotopic (exact) mass is 414 g/mol. The van der Waals surface area contributed by atoms with Gasteiger partial charge in [0.1, 0.15) is 0 Å². The van der Waals surface area contributed by atoms with Crippen molar-refractivity contribution in [3.8, 4) is 11.3 Å². The summed E-state index contributed by atoms with van der Waals surface area (Å²) in [6, 6.07) is 21.8. The zero-order chi connectivity index (χ0) is 20.7. The largest absolute Gasteiger partial charge is 0.323 e. The fourth-order valence-corrected chi connectivity index (χ4v) is 3.71. The molecule has 146 valence electrons. The highest BCUT2D eigenvalue weighted by Gasteiger charge is 2.15. The summed E-state index contributed by atoms with van der Waals surface area (Å²) in [6.45, 7) is 0. The number of nitrogens with one attached hydrogen (secondary N) is 3. The summed E-state index contributed by atoms with van der Waals surface area (Å²) < 4.78 is 0. The van der Waals surface area contributed by atoms with Crippen LogP contribution in [0.4, 0.5) is 5.69 Å². The molecule has 0 fully saturated rings. The minimum absolute atomic E-state index is 0.279. The molecule has 1 amide bonds. The van der Waals surface area contributed by atoms with Gasteiger partial charge in [0.2, 0.25) is 0 Å². The molecular weight excluding hydrogens is 400 g/mol. The van der Waals surface area contributed by atoms with Gasteiger partial charge in [-0.1, -0.05) is 48.0 Å². The summed E-state index contributed by atoms with van der Waals surface area (Å²) in [7, 11) is 0. The number of rotatable bonds is 3. The molecular formula is C23H15ClN4O2. The molecule has 30 heavy (non-hydrogen) atoms. The number of amides is 1. The van der Waals surface area contributed by atoms with Gasteiger partial charge in [0.15, 0.2) is 0 Å². The van der Waals surface area contributed by atoms with Gasteiger partial charge in [0.25, 0.3) is 5.91 Å². The van der Waals surface area contributed by atoms with E-state index in [2.05, 4.69) is 15.3 Å². The van der Waals surface area contributed by atoms with Crippen LogP contribution in [-0.4, -0.2) is 20.9 Å². The Morgan fingerprint density at radius 1 is 0.900 bits per heavy atom. The average Bonchev–Trinajstić information content (AvgIpc) is 3.12. The molecule has 2 heterocycles. The van der Waals surface area contributed by atoms with Gasteiger partial charge in [0, 0.05) is 21.7 Å². The van der Waals surface area contributed by atoms with E-state index in [-0.39, 0.29) is 11.6 Å². The van der Waals surface area contributed by atoms with E-state index in [0.29, 0.717) is 38.5 Å². The molecule has 2 aromatic heterocycles. The second kappa shape index (κ2) is 7.17. The third-order valence-corrected chi connectivity index (χ3v) is 5.21. The van der Waals surface area contributed by atoms with Crippen molar-refractivity contribution in [2.45, 2.75) is 0 Å². The Bertz CT molecular complexity index is 1490. The highest BCUT2D eigenvalue weighted by Crippen LogP contribution is 2.30. The number of carbonyl (C=O) groups excluding carboxylic acids is 1. The molecule has 0 radical (unpaired) electrons. The predicted octanol–water partition coefficient (Wildman–Crippen LogP) is 4.98. The first-order valence-corrected chi connectivity index (χ1v) is 9.64. The van der Waals surface area contributed by atoms with Crippen molar-refractivity contribution >= 4 is 45.1 Å². The molecule has 0 aliphatic carbocycles. The number of aromatic amines is 2. The maximum Gasteiger partial charge on any atom is 0.323 e. The highest BCUT2D eigenvalue weighted by molar-refractivity contribution is 6.33. The first-order valence-electron chi connectivity index (χ1n) is 9.26. The lowest BCUT2D eigenvalue weighted by atomic mass is 10.0. The van der Waals surface area contributed by atoms with Crippen LogP contribution in [0.25, 0.3) is 33.2 Å². The molecule has 0 bridgehead atoms. The van der Waals surface area contributed by atoms with Gasteiger partial charge >= 0.3 is 5.69 Å². The van der Waals surface area contributed by atoms with Gasteiger partial charge in [-0.15, -0.1) is 0 Å². The SMILES string of the molecule is O=C(Nc1ccc2[nH]c(=O)[nH]c2c1)c1cc(-c2ccccc2Cl)nc2ccccc12. The molecule has 0 saturated carbocycles. The van der Waals surface area contributed by atoms with Gasteiger partial charge in [-0.05, 0) is 36.4 Å². The third-order valence-electron chi connectivity index (χ3n) is 4.88. The van der Waals surface area contributed by atoms with Crippen LogP contribution in [0.2, 0.25) is 5.02 Å². The van der Waals surface area contributed by atoms with Crippen molar-refractivity contribution in [3.63, 3.8) is 0 Å². The van der Waals surface area contributed by atoms with Crippen LogP contribution in [0.3, 0.4) is 0 Å². The minimum atomic E-state index is -0.294. The molecule has 3 N–H and O–H groups in total. The zero-order valence-electron chi connectivity index (χ0n) is 15.6. The van der Waals surface area contributed by atoms with Crippen molar-refractivity contribution in [3.05, 3.63) is 93.9 Å². The Balaban J connectivity index is 1.60. The van der Waals surface area contributed by atoms with Crippen LogP contribution in [0.15, 0.2) is 77.6 Å². The van der Waals surface area contributed by atoms with E-state index in [1.165, 1.54) is 0 Å². The Kier molecular flexibility index (Phi) is 4.34. The smallest absolute Gasteiger partial charge is 0.322 e. The maximum atomic E-state index is 13.2. The van der Waals surface area contributed by atoms with Crippen LogP contribution in [0.1, 0.15) is 10.4 Å². The topological polar surface area (TPSA) is 90.6 Å². The Hall–Kier alpha value is -3.90. The van der Waals surface area contributed by atoms with Crippen LogP contribution in [-0.2, 0) is 0 Å². The van der Waals surface area contributed by atoms with Gasteiger partial charge < -0.3 is 15.3 Å². The number of pyridine rings is 1. The number of H-pyrrole nitrogens is 2. The number of para-hydroxylation sites is 1. The van der Waals surface area contributed by atoms with Crippen molar-refractivity contribution in [1.29, 1.82) is 0 Å². The summed E-state index contributed by atoms with van der Waals surface area (Å²) in [6.07, 6.45) is 0. The van der Waals surface area contributed by atoms with Crippen molar-refractivity contribution in [1.82, 2.24) is 15.0 Å². The quantitative estimate of drug-likeness (QED) is 0.389. The van der Waals surface area contributed by atoms with Gasteiger partial charge in [0.05, 0.1) is 27.8 Å². The summed E-state index contributed by atoms with van der Waals surface area (Å²) in [4.78, 5) is 34.7. The Morgan fingerprint density at radius 2 is 1.67 bits per heavy atom. The minimum Gasteiger partial charge on any atom is -0.322 e. The normalized spacial score (nSPS) is 11.1. The number of halogens is 1. The lowest BCUT2D eigenvalue weighted by Crippen LogP contribution is -2.13. The summed E-state index contributed by atoms with van der Waals surface area (Å²) in [5.74, 6) is -0.279. The molecule has 5 rings (SSSR count). The average molecular weight is 415 g/mol. The summed E-state index contributed by atoms with van der Waals surface area (Å²) in [5, 5.41) is 4.21. The van der Waals surface area contributed by atoms with Crippen LogP contribution in [0, 0.1) is 0 Å². The fourth-order valence-electron chi connectivity index (χ4n) is 3.48. The molecule has 0 aliphatic heterocycles. The van der Waals surface area contributed by atoms with E-state index in [4.69, 9.17) is 16.6 Å². The summed E-state index contributed by atoms with van der Waals surface area (Å²) >= 11 is 6.36. The number of carbonyl (C=O) groups is 1. The first-order chi connectivity index (χ1) is 14.6. The molecule has 6 nitrogen and oxygen atoms in total. The summed E-state index contributed by atoms with van der Waals surface area (Å²) in [5.41, 5.74) is 4.13. The van der Waals surface area contributed by atoms with E-state index in [0.717, 1.165) is 10.9 Å². The standard InChI is InChI=1S/C23H15ClN4O2/c24-17-7-3-1-6-15(17)20-12-16(14-5-2-4-8-18(14)26-20)22(29)25-13-9-10-19-21(11-13)28-23(30)27-19/h1-12H,(H,25,29)(H2,27,28,30). The number of imidazole rings is 1. The Labute approximate surface area is 175 Å². The van der Waals surface area contributed by atoms with Gasteiger partial charge in [-0.3, -0.25) is 4.79 Å². The fraction of sp³-hybridized carbons (Fsp3) is 0. The van der Waals surface area contributed by atoms with E-state index in [9.17, 15) is 9.59 Å². The molecule has 0 spiro atoms. The van der Waals surface area contributed by atoms with E-state index < -0.39 is 0 Å². The van der Waals surface area contributed by atoms with Crippen molar-refractivity contribution < 1.29 is 4.79 Å². The Morgan fingerprint density at radius 3 is 2.53 bits per heavy atom. The number of benzene rings is 3. The lowest BCUT2D eigenvalue weighted by Gasteiger charge is -2.11. The maximum absolute atomic E-state index is 13.2. The molecule has 7 heteroatoms. The van der Waals surface area contributed by atoms with Crippen molar-refractivity contribution in [2.24, 2.45) is 0 Å². The van der Waals surface area contributed by atoms with Gasteiger partial charge in [-0.25, -0.2) is 9.78 Å². The van der Waals surface area contributed by atoms with Crippen LogP contribution in [0.5, 0.6) is 0 Å². The number of nitrogens with zero attached hydrogens (tertiary/aromatic N) is 1. The van der Waals surface area contributed by atoms with E-state index in [1.807, 2.05) is 42.5 Å². The molecule has 0 aliphatic rings. The van der Waals surface area contributed by atoms with Crippen LogP contribution < -0.4 is 11.0 Å². The first kappa shape index (κ1) is 18.1. The highest BCUT2D eigenvalue weighted by atomic mass is 35.5. The molecule has 3 aromatic carbocycles. The molecule has 0 unspecified atom stereocenters. The number of hydrogen-bond donors (Lipinski definition) is 3. The second-order valence-corrected chi connectivity index (χ2v) is 7.25. The number of anilines is 1.